The van der Waals surface area contributed by atoms with Crippen molar-refractivity contribution >= 4 is 37.5 Å². The zero-order valence-corrected chi connectivity index (χ0v) is 12.0. The van der Waals surface area contributed by atoms with Crippen molar-refractivity contribution in [3.05, 3.63) is 57.7 Å². The summed E-state index contributed by atoms with van der Waals surface area (Å²) in [5.74, 6) is 0. The minimum atomic E-state index is 1.06. The van der Waals surface area contributed by atoms with Crippen LogP contribution in [0.2, 0.25) is 0 Å². The highest BCUT2D eigenvalue weighted by molar-refractivity contribution is 9.10. The van der Waals surface area contributed by atoms with Gasteiger partial charge < -0.3 is 0 Å². The first-order chi connectivity index (χ1) is 8.22. The minimum absolute atomic E-state index is 1.06. The Morgan fingerprint density at radius 3 is 2.65 bits per heavy atom. The fraction of sp³-hybridized carbons (Fsp3) is 0. The molecule has 0 bridgehead atoms. The van der Waals surface area contributed by atoms with E-state index in [0.29, 0.717) is 0 Å². The maximum absolute atomic E-state index is 3.49. The summed E-state index contributed by atoms with van der Waals surface area (Å²) in [6, 6.07) is 12.3. The summed E-state index contributed by atoms with van der Waals surface area (Å²) in [7, 11) is 0. The van der Waals surface area contributed by atoms with Gasteiger partial charge in [0.15, 0.2) is 5.69 Å². The van der Waals surface area contributed by atoms with Gasteiger partial charge in [0.25, 0.3) is 5.65 Å². The zero-order valence-electron chi connectivity index (χ0n) is 8.82. The van der Waals surface area contributed by atoms with Gasteiger partial charge in [-0.05, 0) is 34.1 Å². The third kappa shape index (κ3) is 2.15. The number of hydrogen-bond acceptors (Lipinski definition) is 0. The number of rotatable bonds is 1. The van der Waals surface area contributed by atoms with E-state index in [1.165, 1.54) is 5.56 Å². The molecule has 0 atom stereocenters. The van der Waals surface area contributed by atoms with Crippen LogP contribution in [0.3, 0.4) is 0 Å². The maximum atomic E-state index is 3.49. The van der Waals surface area contributed by atoms with E-state index in [-0.39, 0.29) is 0 Å². The number of nitrogens with zero attached hydrogens (tertiary/aromatic N) is 1. The molecule has 0 aliphatic rings. The number of imidazole rings is 1. The number of H-pyrrole nitrogens is 1. The zero-order chi connectivity index (χ0) is 11.8. The van der Waals surface area contributed by atoms with Gasteiger partial charge in [-0.25, -0.2) is 9.38 Å². The molecule has 0 unspecified atom stereocenters. The Hall–Kier alpha value is -1.13. The molecule has 4 heteroatoms. The van der Waals surface area contributed by atoms with Gasteiger partial charge in [-0.3, -0.25) is 0 Å². The molecular formula is C13H9Br2N2+. The van der Waals surface area contributed by atoms with Crippen molar-refractivity contribution in [2.45, 2.75) is 0 Å². The molecule has 0 aliphatic carbocycles. The molecule has 3 aromatic rings. The van der Waals surface area contributed by atoms with E-state index in [0.717, 1.165) is 20.3 Å². The molecular weight excluding hydrogens is 344 g/mol. The number of aromatic nitrogens is 2. The Bertz CT molecular complexity index is 689. The summed E-state index contributed by atoms with van der Waals surface area (Å²) in [5.41, 5.74) is 3.34. The lowest BCUT2D eigenvalue weighted by Gasteiger charge is -1.93. The van der Waals surface area contributed by atoms with Crippen molar-refractivity contribution in [2.24, 2.45) is 0 Å². The normalized spacial score (nSPS) is 10.9. The van der Waals surface area contributed by atoms with Gasteiger partial charge in [0.1, 0.15) is 12.4 Å². The van der Waals surface area contributed by atoms with Crippen LogP contribution in [-0.2, 0) is 0 Å². The minimum Gasteiger partial charge on any atom is -0.237 e. The monoisotopic (exact) mass is 351 g/mol. The molecule has 2 heterocycles. The van der Waals surface area contributed by atoms with Crippen LogP contribution in [0.5, 0.6) is 0 Å². The lowest BCUT2D eigenvalue weighted by Crippen LogP contribution is -2.16. The van der Waals surface area contributed by atoms with Crippen molar-refractivity contribution in [1.82, 2.24) is 4.98 Å². The number of halogens is 2. The second kappa shape index (κ2) is 4.27. The largest absolute Gasteiger partial charge is 0.284 e. The van der Waals surface area contributed by atoms with Crippen LogP contribution < -0.4 is 4.40 Å². The second-order valence-corrected chi connectivity index (χ2v) is 5.65. The third-order valence-corrected chi connectivity index (χ3v) is 3.57. The summed E-state index contributed by atoms with van der Waals surface area (Å²) < 4.78 is 4.22. The fourth-order valence-electron chi connectivity index (χ4n) is 1.82. The topological polar surface area (TPSA) is 19.9 Å². The number of nitrogens with one attached hydrogen (secondary N) is 1. The van der Waals surface area contributed by atoms with E-state index >= 15 is 0 Å². The van der Waals surface area contributed by atoms with Gasteiger partial charge in [0.05, 0.1) is 4.47 Å². The molecule has 1 aromatic carbocycles. The number of aromatic amines is 1. The van der Waals surface area contributed by atoms with E-state index in [9.17, 15) is 0 Å². The number of hydrogen-bond donors (Lipinski definition) is 1. The summed E-state index contributed by atoms with van der Waals surface area (Å²) in [5, 5.41) is 0. The summed E-state index contributed by atoms with van der Waals surface area (Å²) in [6.45, 7) is 0. The van der Waals surface area contributed by atoms with Gasteiger partial charge in [-0.15, -0.1) is 0 Å². The van der Waals surface area contributed by atoms with Gasteiger partial charge in [0, 0.05) is 16.1 Å². The van der Waals surface area contributed by atoms with Crippen molar-refractivity contribution < 1.29 is 4.40 Å². The van der Waals surface area contributed by atoms with E-state index in [1.807, 2.05) is 30.5 Å². The highest BCUT2D eigenvalue weighted by atomic mass is 79.9. The molecule has 0 saturated carbocycles. The van der Waals surface area contributed by atoms with Crippen molar-refractivity contribution in [1.29, 1.82) is 0 Å². The van der Waals surface area contributed by atoms with Crippen molar-refractivity contribution in [2.75, 3.05) is 0 Å². The Morgan fingerprint density at radius 2 is 1.82 bits per heavy atom. The van der Waals surface area contributed by atoms with E-state index in [4.69, 9.17) is 0 Å². The highest BCUT2D eigenvalue weighted by Crippen LogP contribution is 2.21. The smallest absolute Gasteiger partial charge is 0.237 e. The molecule has 84 valence electrons. The van der Waals surface area contributed by atoms with Gasteiger partial charge in [0.2, 0.25) is 0 Å². The van der Waals surface area contributed by atoms with Crippen molar-refractivity contribution in [3.63, 3.8) is 0 Å². The second-order valence-electron chi connectivity index (χ2n) is 3.82. The molecule has 0 radical (unpaired) electrons. The lowest BCUT2D eigenvalue weighted by molar-refractivity contribution is -0.510. The van der Waals surface area contributed by atoms with E-state index < -0.39 is 0 Å². The Kier molecular flexibility index (Phi) is 2.76. The molecule has 17 heavy (non-hydrogen) atoms. The summed E-state index contributed by atoms with van der Waals surface area (Å²) in [4.78, 5) is 3.39. The number of pyridine rings is 1. The molecule has 0 aliphatic heterocycles. The van der Waals surface area contributed by atoms with Gasteiger partial charge >= 0.3 is 0 Å². The third-order valence-electron chi connectivity index (χ3n) is 2.61. The molecule has 0 spiro atoms. The number of benzene rings is 1. The molecule has 2 aromatic heterocycles. The average molecular weight is 353 g/mol. The molecule has 0 amide bonds. The average Bonchev–Trinajstić information content (AvgIpc) is 2.72. The molecule has 3 rings (SSSR count). The SMILES string of the molecule is Brc1cccc(-c2c[n+]3cc(Br)ccc3[nH]2)c1. The molecule has 0 fully saturated rings. The van der Waals surface area contributed by atoms with Gasteiger partial charge in [-0.2, -0.15) is 0 Å². The Balaban J connectivity index is 2.18. The first-order valence-corrected chi connectivity index (χ1v) is 6.76. The van der Waals surface area contributed by atoms with Crippen LogP contribution in [0.15, 0.2) is 57.7 Å². The number of fused-ring (bicyclic) bond motifs is 1. The van der Waals surface area contributed by atoms with E-state index in [1.54, 1.807) is 0 Å². The van der Waals surface area contributed by atoms with Crippen LogP contribution in [0.4, 0.5) is 0 Å². The first kappa shape index (κ1) is 11.0. The van der Waals surface area contributed by atoms with Crippen LogP contribution in [0, 0.1) is 0 Å². The Labute approximate surface area is 116 Å². The van der Waals surface area contributed by atoms with Crippen LogP contribution in [-0.4, -0.2) is 4.98 Å². The lowest BCUT2D eigenvalue weighted by atomic mass is 10.2. The predicted octanol–water partition coefficient (Wildman–Crippen LogP) is 3.95. The first-order valence-electron chi connectivity index (χ1n) is 5.18. The predicted molar refractivity (Wildman–Crippen MR) is 74.8 cm³/mol. The van der Waals surface area contributed by atoms with Crippen LogP contribution in [0.1, 0.15) is 0 Å². The maximum Gasteiger partial charge on any atom is 0.284 e. The molecule has 2 nitrogen and oxygen atoms in total. The van der Waals surface area contributed by atoms with Gasteiger partial charge in [-0.1, -0.05) is 28.1 Å². The highest BCUT2D eigenvalue weighted by Gasteiger charge is 2.10. The van der Waals surface area contributed by atoms with E-state index in [2.05, 4.69) is 59.6 Å². The molecule has 1 N–H and O–H groups in total. The van der Waals surface area contributed by atoms with Crippen molar-refractivity contribution in [3.8, 4) is 11.3 Å². The Morgan fingerprint density at radius 1 is 0.941 bits per heavy atom. The molecule has 0 saturated heterocycles. The quantitative estimate of drug-likeness (QED) is 0.640. The summed E-state index contributed by atoms with van der Waals surface area (Å²) in [6.07, 6.45) is 4.12. The fourth-order valence-corrected chi connectivity index (χ4v) is 2.57. The standard InChI is InChI=1S/C13H8Br2N2/c14-10-3-1-2-9(6-10)12-8-17-7-11(15)4-5-13(17)16-12/h1-8H/p+1. The van der Waals surface area contributed by atoms with Crippen LogP contribution >= 0.6 is 31.9 Å². The van der Waals surface area contributed by atoms with Crippen LogP contribution in [0.25, 0.3) is 16.9 Å². The summed E-state index contributed by atoms with van der Waals surface area (Å²) >= 11 is 6.95.